The smallest absolute Gasteiger partial charge is 0.191 e. The number of aromatic nitrogens is 2. The van der Waals surface area contributed by atoms with E-state index >= 15 is 0 Å². The first-order valence-corrected chi connectivity index (χ1v) is 7.16. The van der Waals surface area contributed by atoms with Crippen LogP contribution < -0.4 is 10.6 Å². The van der Waals surface area contributed by atoms with E-state index in [1.54, 1.807) is 0 Å². The summed E-state index contributed by atoms with van der Waals surface area (Å²) in [5, 5.41) is 6.76. The summed E-state index contributed by atoms with van der Waals surface area (Å²) in [4.78, 5) is 8.83. The van der Waals surface area contributed by atoms with Gasteiger partial charge in [0.15, 0.2) is 5.96 Å². The second-order valence-corrected chi connectivity index (χ2v) is 5.41. The molecule has 2 unspecified atom stereocenters. The SMILES string of the molecule is CN=C(NCCc1cn2ccccc2n1)NC1CC1C.I. The van der Waals surface area contributed by atoms with E-state index in [2.05, 4.69) is 33.7 Å². The topological polar surface area (TPSA) is 53.7 Å². The first-order chi connectivity index (χ1) is 9.76. The fourth-order valence-corrected chi connectivity index (χ4v) is 2.31. The summed E-state index contributed by atoms with van der Waals surface area (Å²) in [6.07, 6.45) is 6.24. The number of fused-ring (bicyclic) bond motifs is 1. The van der Waals surface area contributed by atoms with Gasteiger partial charge in [-0.25, -0.2) is 4.98 Å². The molecule has 2 heterocycles. The Morgan fingerprint density at radius 1 is 1.48 bits per heavy atom. The van der Waals surface area contributed by atoms with Crippen molar-refractivity contribution in [2.45, 2.75) is 25.8 Å². The van der Waals surface area contributed by atoms with Crippen LogP contribution in [0.25, 0.3) is 5.65 Å². The van der Waals surface area contributed by atoms with Crippen LogP contribution in [0, 0.1) is 5.92 Å². The Kier molecular flexibility index (Phi) is 5.44. The van der Waals surface area contributed by atoms with Gasteiger partial charge in [-0.05, 0) is 24.5 Å². The van der Waals surface area contributed by atoms with Gasteiger partial charge >= 0.3 is 0 Å². The fourth-order valence-electron chi connectivity index (χ4n) is 2.31. The molecule has 0 saturated heterocycles. The third-order valence-electron chi connectivity index (χ3n) is 3.74. The van der Waals surface area contributed by atoms with Gasteiger partial charge in [0.05, 0.1) is 5.69 Å². The summed E-state index contributed by atoms with van der Waals surface area (Å²) < 4.78 is 2.05. The van der Waals surface area contributed by atoms with Crippen LogP contribution in [-0.2, 0) is 6.42 Å². The van der Waals surface area contributed by atoms with Crippen LogP contribution >= 0.6 is 24.0 Å². The van der Waals surface area contributed by atoms with Gasteiger partial charge in [-0.1, -0.05) is 13.0 Å². The molecular weight excluding hydrogens is 377 g/mol. The van der Waals surface area contributed by atoms with Gasteiger partial charge in [0.1, 0.15) is 5.65 Å². The minimum absolute atomic E-state index is 0. The Labute approximate surface area is 142 Å². The molecule has 1 saturated carbocycles. The number of guanidine groups is 1. The Morgan fingerprint density at radius 2 is 2.29 bits per heavy atom. The van der Waals surface area contributed by atoms with Crippen molar-refractivity contribution in [2.75, 3.05) is 13.6 Å². The minimum atomic E-state index is 0. The predicted octanol–water partition coefficient (Wildman–Crippen LogP) is 2.07. The van der Waals surface area contributed by atoms with Gasteiger partial charge in [0.2, 0.25) is 0 Å². The van der Waals surface area contributed by atoms with Crippen molar-refractivity contribution in [3.8, 4) is 0 Å². The largest absolute Gasteiger partial charge is 0.356 e. The molecule has 2 N–H and O–H groups in total. The van der Waals surface area contributed by atoms with Crippen molar-refractivity contribution < 1.29 is 0 Å². The van der Waals surface area contributed by atoms with E-state index in [-0.39, 0.29) is 24.0 Å². The average molecular weight is 399 g/mol. The van der Waals surface area contributed by atoms with Crippen LogP contribution in [0.2, 0.25) is 0 Å². The second kappa shape index (κ2) is 7.11. The lowest BCUT2D eigenvalue weighted by molar-refractivity contribution is 0.754. The molecule has 0 aromatic carbocycles. The van der Waals surface area contributed by atoms with Gasteiger partial charge in [0, 0.05) is 38.4 Å². The molecule has 0 amide bonds. The molecule has 0 spiro atoms. The zero-order valence-corrected chi connectivity index (χ0v) is 14.7. The van der Waals surface area contributed by atoms with E-state index < -0.39 is 0 Å². The second-order valence-electron chi connectivity index (χ2n) is 5.41. The maximum atomic E-state index is 4.58. The summed E-state index contributed by atoms with van der Waals surface area (Å²) in [6, 6.07) is 6.63. The lowest BCUT2D eigenvalue weighted by Crippen LogP contribution is -2.39. The monoisotopic (exact) mass is 399 g/mol. The standard InChI is InChI=1S/C15H21N5.HI/c1-11-9-13(11)19-15(16-2)17-7-6-12-10-20-8-4-3-5-14(20)18-12;/h3-5,8,10-11,13H,6-7,9H2,1-2H3,(H2,16,17,19);1H. The first kappa shape index (κ1) is 16.1. The summed E-state index contributed by atoms with van der Waals surface area (Å²) in [5.41, 5.74) is 2.09. The summed E-state index contributed by atoms with van der Waals surface area (Å²) >= 11 is 0. The zero-order chi connectivity index (χ0) is 13.9. The van der Waals surface area contributed by atoms with Crippen molar-refractivity contribution in [3.05, 3.63) is 36.3 Å². The molecule has 2 aromatic heterocycles. The molecular formula is C15H22IN5. The highest BCUT2D eigenvalue weighted by Gasteiger charge is 2.33. The van der Waals surface area contributed by atoms with Crippen molar-refractivity contribution in [1.29, 1.82) is 0 Å². The summed E-state index contributed by atoms with van der Waals surface area (Å²) in [6.45, 7) is 3.09. The van der Waals surface area contributed by atoms with E-state index in [1.807, 2.05) is 35.8 Å². The van der Waals surface area contributed by atoms with E-state index in [9.17, 15) is 0 Å². The molecule has 6 heteroatoms. The molecule has 0 bridgehead atoms. The summed E-state index contributed by atoms with van der Waals surface area (Å²) in [5.74, 6) is 1.66. The van der Waals surface area contributed by atoms with Crippen molar-refractivity contribution in [1.82, 2.24) is 20.0 Å². The third kappa shape index (κ3) is 4.09. The fraction of sp³-hybridized carbons (Fsp3) is 0.467. The van der Waals surface area contributed by atoms with Gasteiger partial charge in [-0.3, -0.25) is 4.99 Å². The van der Waals surface area contributed by atoms with Gasteiger partial charge < -0.3 is 15.0 Å². The minimum Gasteiger partial charge on any atom is -0.356 e. The molecule has 0 radical (unpaired) electrons. The average Bonchev–Trinajstić information content (AvgIpc) is 3.00. The predicted molar refractivity (Wildman–Crippen MR) is 96.4 cm³/mol. The maximum absolute atomic E-state index is 4.58. The van der Waals surface area contributed by atoms with E-state index in [4.69, 9.17) is 0 Å². The number of pyridine rings is 1. The Hall–Kier alpha value is -1.31. The number of aliphatic imine (C=N–C) groups is 1. The number of halogens is 1. The summed E-state index contributed by atoms with van der Waals surface area (Å²) in [7, 11) is 1.81. The van der Waals surface area contributed by atoms with E-state index in [1.165, 1.54) is 6.42 Å². The number of nitrogens with zero attached hydrogens (tertiary/aromatic N) is 3. The first-order valence-electron chi connectivity index (χ1n) is 7.16. The van der Waals surface area contributed by atoms with Crippen LogP contribution in [0.5, 0.6) is 0 Å². The van der Waals surface area contributed by atoms with Gasteiger partial charge in [0.25, 0.3) is 0 Å². The van der Waals surface area contributed by atoms with E-state index in [0.717, 1.165) is 36.2 Å². The molecule has 1 fully saturated rings. The van der Waals surface area contributed by atoms with Crippen LogP contribution in [0.15, 0.2) is 35.6 Å². The number of nitrogens with one attached hydrogen (secondary N) is 2. The van der Waals surface area contributed by atoms with Crippen molar-refractivity contribution in [3.63, 3.8) is 0 Å². The molecule has 5 nitrogen and oxygen atoms in total. The quantitative estimate of drug-likeness (QED) is 0.470. The normalized spacial score (nSPS) is 21.0. The van der Waals surface area contributed by atoms with Crippen molar-refractivity contribution in [2.24, 2.45) is 10.9 Å². The van der Waals surface area contributed by atoms with Crippen LogP contribution in [0.4, 0.5) is 0 Å². The maximum Gasteiger partial charge on any atom is 0.191 e. The highest BCUT2D eigenvalue weighted by Crippen LogP contribution is 2.28. The molecule has 1 aliphatic rings. The lowest BCUT2D eigenvalue weighted by Gasteiger charge is -2.10. The Morgan fingerprint density at radius 3 is 2.95 bits per heavy atom. The number of hydrogen-bond donors (Lipinski definition) is 2. The third-order valence-corrected chi connectivity index (χ3v) is 3.74. The lowest BCUT2D eigenvalue weighted by atomic mass is 10.3. The van der Waals surface area contributed by atoms with Gasteiger partial charge in [-0.15, -0.1) is 24.0 Å². The van der Waals surface area contributed by atoms with Crippen molar-refractivity contribution >= 4 is 35.6 Å². The molecule has 114 valence electrons. The Balaban J connectivity index is 0.00000161. The number of rotatable bonds is 4. The highest BCUT2D eigenvalue weighted by molar-refractivity contribution is 14.0. The van der Waals surface area contributed by atoms with Crippen LogP contribution in [0.1, 0.15) is 19.0 Å². The zero-order valence-electron chi connectivity index (χ0n) is 12.4. The molecule has 2 aromatic rings. The molecule has 1 aliphatic carbocycles. The van der Waals surface area contributed by atoms with Gasteiger partial charge in [-0.2, -0.15) is 0 Å². The number of hydrogen-bond acceptors (Lipinski definition) is 2. The van der Waals surface area contributed by atoms with Crippen LogP contribution in [-0.4, -0.2) is 35.0 Å². The van der Waals surface area contributed by atoms with Crippen LogP contribution in [0.3, 0.4) is 0 Å². The van der Waals surface area contributed by atoms with E-state index in [0.29, 0.717) is 6.04 Å². The molecule has 3 rings (SSSR count). The molecule has 0 aliphatic heterocycles. The molecule has 2 atom stereocenters. The Bertz CT molecular complexity index is 588. The highest BCUT2D eigenvalue weighted by atomic mass is 127. The number of imidazole rings is 1. The molecule has 21 heavy (non-hydrogen) atoms.